The van der Waals surface area contributed by atoms with Crippen LogP contribution in [0.2, 0.25) is 5.02 Å². The summed E-state index contributed by atoms with van der Waals surface area (Å²) in [5, 5.41) is 3.65. The Labute approximate surface area is 148 Å². The smallest absolute Gasteiger partial charge is 0.251 e. The van der Waals surface area contributed by atoms with E-state index in [2.05, 4.69) is 5.32 Å². The van der Waals surface area contributed by atoms with E-state index in [9.17, 15) is 4.79 Å². The number of benzene rings is 2. The second kappa shape index (κ2) is 9.14. The summed E-state index contributed by atoms with van der Waals surface area (Å²) in [6, 6.07) is 15.2. The topological polar surface area (TPSA) is 38.3 Å². The molecule has 0 spiro atoms. The van der Waals surface area contributed by atoms with Gasteiger partial charge in [0, 0.05) is 17.1 Å². The van der Waals surface area contributed by atoms with Crippen LogP contribution in [0.25, 0.3) is 5.57 Å². The minimum absolute atomic E-state index is 0.0675. The lowest BCUT2D eigenvalue weighted by Gasteiger charge is -2.10. The molecule has 0 aliphatic carbocycles. The van der Waals surface area contributed by atoms with Crippen molar-refractivity contribution in [1.29, 1.82) is 0 Å². The van der Waals surface area contributed by atoms with Crippen LogP contribution in [0.1, 0.15) is 24.5 Å². The van der Waals surface area contributed by atoms with E-state index in [1.165, 1.54) is 0 Å². The fourth-order valence-electron chi connectivity index (χ4n) is 2.42. The predicted molar refractivity (Wildman–Crippen MR) is 99.4 cm³/mol. The SMILES string of the molecule is CCC=C(C(=O)NCCc1cccc(OC)c1)c1ccc(Cl)cc1. The van der Waals surface area contributed by atoms with Crippen LogP contribution < -0.4 is 10.1 Å². The lowest BCUT2D eigenvalue weighted by atomic mass is 10.0. The van der Waals surface area contributed by atoms with Crippen molar-refractivity contribution >= 4 is 23.1 Å². The van der Waals surface area contributed by atoms with Crippen molar-refractivity contribution in [2.75, 3.05) is 13.7 Å². The first-order valence-corrected chi connectivity index (χ1v) is 8.39. The van der Waals surface area contributed by atoms with Crippen LogP contribution in [0, 0.1) is 0 Å². The van der Waals surface area contributed by atoms with Gasteiger partial charge in [-0.2, -0.15) is 0 Å². The third-order valence-electron chi connectivity index (χ3n) is 3.64. The molecule has 24 heavy (non-hydrogen) atoms. The van der Waals surface area contributed by atoms with Gasteiger partial charge >= 0.3 is 0 Å². The summed E-state index contributed by atoms with van der Waals surface area (Å²) in [5.74, 6) is 0.758. The molecule has 0 unspecified atom stereocenters. The second-order valence-electron chi connectivity index (χ2n) is 5.39. The van der Waals surface area contributed by atoms with Crippen molar-refractivity contribution in [1.82, 2.24) is 5.32 Å². The summed E-state index contributed by atoms with van der Waals surface area (Å²) in [6.45, 7) is 2.58. The molecule has 0 saturated heterocycles. The summed E-state index contributed by atoms with van der Waals surface area (Å²) in [5.41, 5.74) is 2.68. The number of halogens is 1. The van der Waals surface area contributed by atoms with Gasteiger partial charge in [0.25, 0.3) is 5.91 Å². The highest BCUT2D eigenvalue weighted by atomic mass is 35.5. The average Bonchev–Trinajstić information content (AvgIpc) is 2.60. The van der Waals surface area contributed by atoms with E-state index in [1.54, 1.807) is 19.2 Å². The van der Waals surface area contributed by atoms with Gasteiger partial charge < -0.3 is 10.1 Å². The number of hydrogen-bond donors (Lipinski definition) is 1. The van der Waals surface area contributed by atoms with Crippen molar-refractivity contribution in [2.24, 2.45) is 0 Å². The Morgan fingerprint density at radius 1 is 1.21 bits per heavy atom. The van der Waals surface area contributed by atoms with Crippen LogP contribution in [-0.4, -0.2) is 19.6 Å². The van der Waals surface area contributed by atoms with Crippen molar-refractivity contribution in [2.45, 2.75) is 19.8 Å². The molecule has 0 aliphatic heterocycles. The van der Waals surface area contributed by atoms with Gasteiger partial charge in [0.1, 0.15) is 5.75 Å². The fraction of sp³-hybridized carbons (Fsp3) is 0.250. The number of ether oxygens (including phenoxy) is 1. The van der Waals surface area contributed by atoms with Gasteiger partial charge in [-0.3, -0.25) is 4.79 Å². The third-order valence-corrected chi connectivity index (χ3v) is 3.89. The number of rotatable bonds is 7. The Morgan fingerprint density at radius 2 is 1.96 bits per heavy atom. The summed E-state index contributed by atoms with van der Waals surface area (Å²) >= 11 is 5.92. The molecule has 0 radical (unpaired) electrons. The Bertz CT molecular complexity index is 708. The van der Waals surface area contributed by atoms with Crippen LogP contribution in [0.4, 0.5) is 0 Å². The number of carbonyl (C=O) groups is 1. The molecule has 0 atom stereocenters. The largest absolute Gasteiger partial charge is 0.497 e. The molecular weight excluding hydrogens is 322 g/mol. The zero-order valence-electron chi connectivity index (χ0n) is 14.0. The van der Waals surface area contributed by atoms with Crippen LogP contribution in [0.3, 0.4) is 0 Å². The molecular formula is C20H22ClNO2. The quantitative estimate of drug-likeness (QED) is 0.752. The Morgan fingerprint density at radius 3 is 2.62 bits per heavy atom. The van der Waals surface area contributed by atoms with Gasteiger partial charge in [-0.15, -0.1) is 0 Å². The molecule has 0 aromatic heterocycles. The maximum absolute atomic E-state index is 12.5. The fourth-order valence-corrected chi connectivity index (χ4v) is 2.54. The maximum Gasteiger partial charge on any atom is 0.251 e. The Kier molecular flexibility index (Phi) is 6.89. The number of methoxy groups -OCH3 is 1. The Hall–Kier alpha value is -2.26. The van der Waals surface area contributed by atoms with Crippen LogP contribution in [0.5, 0.6) is 5.75 Å². The van der Waals surface area contributed by atoms with Crippen LogP contribution in [0.15, 0.2) is 54.6 Å². The van der Waals surface area contributed by atoms with E-state index >= 15 is 0 Å². The number of carbonyl (C=O) groups excluding carboxylic acids is 1. The van der Waals surface area contributed by atoms with Gasteiger partial charge in [-0.25, -0.2) is 0 Å². The van der Waals surface area contributed by atoms with Gasteiger partial charge in [0.15, 0.2) is 0 Å². The molecule has 2 aromatic rings. The first-order valence-electron chi connectivity index (χ1n) is 8.01. The molecule has 0 aliphatic rings. The summed E-state index contributed by atoms with van der Waals surface area (Å²) in [4.78, 5) is 12.5. The molecule has 126 valence electrons. The van der Waals surface area contributed by atoms with E-state index < -0.39 is 0 Å². The van der Waals surface area contributed by atoms with Crippen LogP contribution >= 0.6 is 11.6 Å². The number of nitrogens with one attached hydrogen (secondary N) is 1. The molecule has 2 rings (SSSR count). The van der Waals surface area contributed by atoms with Crippen LogP contribution in [-0.2, 0) is 11.2 Å². The van der Waals surface area contributed by atoms with Crippen molar-refractivity contribution in [3.8, 4) is 5.75 Å². The van der Waals surface area contributed by atoms with E-state index in [0.717, 1.165) is 29.7 Å². The van der Waals surface area contributed by atoms with Gasteiger partial charge in [0.2, 0.25) is 0 Å². The number of hydrogen-bond acceptors (Lipinski definition) is 2. The molecule has 1 N–H and O–H groups in total. The standard InChI is InChI=1S/C20H22ClNO2/c1-3-5-19(16-8-10-17(21)11-9-16)20(23)22-13-12-15-6-4-7-18(14-15)24-2/h4-11,14H,3,12-13H2,1-2H3,(H,22,23). The minimum atomic E-state index is -0.0675. The normalized spacial score (nSPS) is 11.2. The molecule has 1 amide bonds. The molecule has 0 bridgehead atoms. The first kappa shape index (κ1) is 18.1. The van der Waals surface area contributed by atoms with Crippen molar-refractivity contribution in [3.63, 3.8) is 0 Å². The highest BCUT2D eigenvalue weighted by molar-refractivity contribution is 6.30. The van der Waals surface area contributed by atoms with E-state index in [4.69, 9.17) is 16.3 Å². The summed E-state index contributed by atoms with van der Waals surface area (Å²) in [7, 11) is 1.65. The molecule has 0 saturated carbocycles. The van der Waals surface area contributed by atoms with E-state index in [-0.39, 0.29) is 5.91 Å². The van der Waals surface area contributed by atoms with Gasteiger partial charge in [0.05, 0.1) is 7.11 Å². The summed E-state index contributed by atoms with van der Waals surface area (Å²) < 4.78 is 5.21. The zero-order valence-corrected chi connectivity index (χ0v) is 14.8. The highest BCUT2D eigenvalue weighted by Crippen LogP contribution is 2.19. The van der Waals surface area contributed by atoms with Crippen molar-refractivity contribution in [3.05, 3.63) is 70.8 Å². The highest BCUT2D eigenvalue weighted by Gasteiger charge is 2.11. The summed E-state index contributed by atoms with van der Waals surface area (Å²) in [6.07, 6.45) is 3.48. The molecule has 0 fully saturated rings. The Balaban J connectivity index is 1.98. The average molecular weight is 344 g/mol. The molecule has 4 heteroatoms. The maximum atomic E-state index is 12.5. The minimum Gasteiger partial charge on any atom is -0.497 e. The molecule has 2 aromatic carbocycles. The van der Waals surface area contributed by atoms with Gasteiger partial charge in [-0.05, 0) is 48.2 Å². The third kappa shape index (κ3) is 5.14. The second-order valence-corrected chi connectivity index (χ2v) is 5.83. The lowest BCUT2D eigenvalue weighted by molar-refractivity contribution is -0.115. The first-order chi connectivity index (χ1) is 11.6. The molecule has 0 heterocycles. The van der Waals surface area contributed by atoms with E-state index in [1.807, 2.05) is 49.4 Å². The van der Waals surface area contributed by atoms with E-state index in [0.29, 0.717) is 17.1 Å². The monoisotopic (exact) mass is 343 g/mol. The number of amides is 1. The van der Waals surface area contributed by atoms with Gasteiger partial charge in [-0.1, -0.05) is 48.9 Å². The number of allylic oxidation sites excluding steroid dienone is 1. The lowest BCUT2D eigenvalue weighted by Crippen LogP contribution is -2.26. The zero-order chi connectivity index (χ0) is 17.4. The molecule has 3 nitrogen and oxygen atoms in total. The predicted octanol–water partition coefficient (Wildman–Crippen LogP) is 4.50. The van der Waals surface area contributed by atoms with Crippen molar-refractivity contribution < 1.29 is 9.53 Å².